The van der Waals surface area contributed by atoms with Crippen molar-refractivity contribution >= 4 is 296 Å². The van der Waals surface area contributed by atoms with Crippen molar-refractivity contribution in [3.05, 3.63) is 23.3 Å². The maximum absolute atomic E-state index is 12.8. The Labute approximate surface area is 681 Å². The molecule has 7 nitrogen and oxygen atoms in total. The summed E-state index contributed by atoms with van der Waals surface area (Å²) in [5, 5.41) is 54.6. The number of carbonyl (C=O) groups is 2. The van der Waals surface area contributed by atoms with E-state index in [1.54, 1.807) is 210 Å². The number of aliphatic carboxylic acids is 2. The molecule has 0 bridgehead atoms. The number of carboxylic acids is 2. The quantitative estimate of drug-likeness (QED) is 0.169. The van der Waals surface area contributed by atoms with E-state index in [9.17, 15) is 35.1 Å². The summed E-state index contributed by atoms with van der Waals surface area (Å²) in [4.78, 5) is 25.6. The molecule has 98 heavy (non-hydrogen) atoms. The molecule has 8 unspecified atom stereocenters. The molecule has 0 heterocycles. The van der Waals surface area contributed by atoms with Gasteiger partial charge >= 0.3 is 11.9 Å². The lowest BCUT2D eigenvalue weighted by Gasteiger charge is -2.71. The summed E-state index contributed by atoms with van der Waals surface area (Å²) in [6.45, 7) is 33.5. The first-order chi connectivity index (χ1) is 46.0. The monoisotopic (exact) mass is 1920 g/mol. The molecule has 5 N–H and O–H groups in total. The molecule has 0 aromatic heterocycles. The third-order valence-electron chi connectivity index (χ3n) is 27.0. The second-order valence-corrected chi connectivity index (χ2v) is 79.6. The van der Waals surface area contributed by atoms with Crippen LogP contribution in [0, 0.1) is 101 Å². The van der Waals surface area contributed by atoms with E-state index in [1.807, 2.05) is 6.92 Å². The fourth-order valence-electron chi connectivity index (χ4n) is 21.4. The van der Waals surface area contributed by atoms with Crippen molar-refractivity contribution in [3.63, 3.8) is 0 Å². The lowest BCUT2D eigenvalue weighted by molar-refractivity contribution is -0.240. The summed E-state index contributed by atoms with van der Waals surface area (Å²) in [6.07, 6.45) is 21.8. The first-order valence-corrected chi connectivity index (χ1v) is 71.2. The van der Waals surface area contributed by atoms with Crippen molar-refractivity contribution in [3.8, 4) is 0 Å². The highest BCUT2D eigenvalue weighted by Crippen LogP contribution is 2.78. The maximum Gasteiger partial charge on any atom is 0.312 e. The van der Waals surface area contributed by atoms with Gasteiger partial charge in [-0.15, -0.1) is 0 Å². The van der Waals surface area contributed by atoms with Crippen LogP contribution < -0.4 is 0 Å². The summed E-state index contributed by atoms with van der Waals surface area (Å²) in [6, 6.07) is 0. The zero-order valence-corrected chi connectivity index (χ0v) is 82.8. The van der Waals surface area contributed by atoms with E-state index in [-0.39, 0.29) is 55.7 Å². The Bertz CT molecular complexity index is 4350. The van der Waals surface area contributed by atoms with Crippen LogP contribution in [0.5, 0.6) is 0 Å². The Balaban J connectivity index is 0.000000197. The fraction of sp³-hybridized carbons (Fsp3) is 0.900. The summed E-state index contributed by atoms with van der Waals surface area (Å²) in [5.74, 6) is 1.44. The molecular formula is C60H96O7S31. The lowest BCUT2D eigenvalue weighted by atomic mass is 9.33. The molecule has 0 aliphatic heterocycles. The third-order valence-corrected chi connectivity index (χ3v) is 82.5. The van der Waals surface area contributed by atoms with Gasteiger partial charge in [-0.05, 0) is 219 Å². The minimum Gasteiger partial charge on any atom is -0.481 e. The molecule has 10 rings (SSSR count). The number of aliphatic hydroxyl groups excluding tert-OH is 2. The number of rotatable bonds is 2. The van der Waals surface area contributed by atoms with Crippen molar-refractivity contribution < 1.29 is 35.1 Å². The summed E-state index contributed by atoms with van der Waals surface area (Å²) >= 11 is 18.9. The van der Waals surface area contributed by atoms with E-state index in [0.717, 1.165) is 88.4 Å². The molecule has 10 aliphatic rings. The van der Waals surface area contributed by atoms with Gasteiger partial charge in [0.25, 0.3) is 0 Å². The van der Waals surface area contributed by atoms with Crippen LogP contribution in [0.15, 0.2) is 23.3 Å². The fourth-order valence-corrected chi connectivity index (χ4v) is 84.6. The molecule has 0 aromatic rings. The second kappa shape index (κ2) is 38.8. The molecular weight excluding hydrogens is 1830 g/mol. The van der Waals surface area contributed by atoms with Gasteiger partial charge in [0.2, 0.25) is 0 Å². The van der Waals surface area contributed by atoms with E-state index in [1.165, 1.54) is 73.2 Å². The molecule has 18 atom stereocenters. The van der Waals surface area contributed by atoms with E-state index in [4.69, 9.17) is 44.8 Å². The van der Waals surface area contributed by atoms with Gasteiger partial charge in [0.15, 0.2) is 0 Å². The summed E-state index contributed by atoms with van der Waals surface area (Å²) < 4.78 is 0. The average molecular weight is 1920 g/mol. The number of allylic oxidation sites excluding steroid dienone is 4. The van der Waals surface area contributed by atoms with Crippen molar-refractivity contribution in [2.24, 2.45) is 101 Å². The highest BCUT2D eigenvalue weighted by molar-refractivity contribution is 8.78. The minimum absolute atomic E-state index is 0.0422. The van der Waals surface area contributed by atoms with Crippen LogP contribution in [0.1, 0.15) is 219 Å². The van der Waals surface area contributed by atoms with E-state index < -0.39 is 40.6 Å². The third kappa shape index (κ3) is 19.5. The van der Waals surface area contributed by atoms with Crippen molar-refractivity contribution in [1.82, 2.24) is 0 Å². The predicted octanol–water partition coefficient (Wildman–Crippen LogP) is 13.4. The lowest BCUT2D eigenvalue weighted by Crippen LogP contribution is -2.68. The molecule has 8 saturated carbocycles. The van der Waals surface area contributed by atoms with Crippen molar-refractivity contribution in [1.29, 1.82) is 0 Å². The largest absolute Gasteiger partial charge is 0.481 e. The molecule has 564 valence electrons. The highest BCUT2D eigenvalue weighted by Gasteiger charge is 2.73. The molecule has 10 aliphatic carbocycles. The van der Waals surface area contributed by atoms with Crippen LogP contribution in [0.3, 0.4) is 0 Å². The van der Waals surface area contributed by atoms with E-state index >= 15 is 0 Å². The zero-order valence-electron chi connectivity index (χ0n) is 57.5. The maximum atomic E-state index is 12.8. The summed E-state index contributed by atoms with van der Waals surface area (Å²) in [7, 11) is 45.3. The number of hydrogen-bond donors (Lipinski definition) is 5. The molecule has 0 spiro atoms. The molecule has 8 fully saturated rings. The van der Waals surface area contributed by atoms with Gasteiger partial charge in [-0.2, -0.15) is 0 Å². The molecule has 0 radical (unpaired) electrons. The van der Waals surface area contributed by atoms with Gasteiger partial charge in [-0.3, -0.25) is 9.59 Å². The molecule has 0 saturated heterocycles. The van der Waals surface area contributed by atoms with Gasteiger partial charge < -0.3 is 25.5 Å². The van der Waals surface area contributed by atoms with Crippen LogP contribution >= 0.6 is 0 Å². The smallest absolute Gasteiger partial charge is 0.312 e. The second-order valence-electron chi connectivity index (χ2n) is 31.8. The Hall–Kier alpha value is 5.12. The van der Waals surface area contributed by atoms with Crippen molar-refractivity contribution in [2.75, 3.05) is 0 Å². The standard InChI is InChI=1S/C31H50O2.C29H46O5.S16.S15/c1-20-11-13-28(6)23(27(20,4)5)12-14-30(8)24(28)10-9-21-22-19-26(2,3)15-17-31(22,25(32)33)18-16-29(21,30)7;1-24(2)13-14-29(23(32)33)18(15-24)17-7-8-19-25(3)11-10-21(30)28(6,34)20(25)9-12-26(19,4)27(17,5)16-22(29)31;1-3-5-7-9-11-13-15-16-14-12-10-8-6-4-2;1-3-5-7-9-11-13-15-14-12-10-8-6-4-2/h9,20,22-24H,10-19H2,1-8H3,(H,32,33);7,18-22,30-31,34H,8-16H2,1-6H3,(H,32,33);;/t20-,22?,23-,24?,28?,29+,30-,31?;18?,19?,20-,21+,22+,25?,26+,27-,28-,29?;;/m01../s1. The average Bonchev–Trinajstić information content (AvgIpc) is 0.681. The van der Waals surface area contributed by atoms with Crippen LogP contribution in [-0.4, -0.2) is 55.3 Å². The number of fused-ring (bicyclic) bond motifs is 14. The van der Waals surface area contributed by atoms with E-state index in [0.29, 0.717) is 36.0 Å². The van der Waals surface area contributed by atoms with Gasteiger partial charge in [0, 0.05) is 285 Å². The molecule has 38 heteroatoms. The normalized spacial score (nSPS) is 39.5. The van der Waals surface area contributed by atoms with E-state index in [2.05, 4.69) is 102 Å². The Kier molecular flexibility index (Phi) is 35.7. The first-order valence-electron chi connectivity index (χ1n) is 32.5. The van der Waals surface area contributed by atoms with Crippen molar-refractivity contribution in [2.45, 2.75) is 237 Å². The topological polar surface area (TPSA) is 135 Å². The minimum atomic E-state index is -1.09. The first kappa shape index (κ1) is 90.3. The number of aliphatic hydroxyl groups is 3. The summed E-state index contributed by atoms with van der Waals surface area (Å²) in [5.41, 5.74) is 1.25. The Morgan fingerprint density at radius 1 is 0.398 bits per heavy atom. The van der Waals surface area contributed by atoms with Crippen LogP contribution in [-0.2, 0) is 294 Å². The number of carboxylic acid groups (broad SMARTS) is 2. The van der Waals surface area contributed by atoms with Gasteiger partial charge in [0.05, 0.1) is 23.2 Å². The number of hydrogen-bond acceptors (Lipinski definition) is 9. The zero-order chi connectivity index (χ0) is 72.4. The van der Waals surface area contributed by atoms with Crippen LogP contribution in [0.25, 0.3) is 0 Å². The van der Waals surface area contributed by atoms with Crippen LogP contribution in [0.4, 0.5) is 0 Å². The molecule has 0 aromatic carbocycles. The molecule has 0 amide bonds. The van der Waals surface area contributed by atoms with Gasteiger partial charge in [0.1, 0.15) is 5.41 Å². The predicted molar refractivity (Wildman–Crippen MR) is 495 cm³/mol. The highest BCUT2D eigenvalue weighted by atomic mass is 33.5. The Morgan fingerprint density at radius 2 is 0.765 bits per heavy atom. The van der Waals surface area contributed by atoms with Gasteiger partial charge in [-0.1, -0.05) is 113 Å². The SMILES string of the molecule is CC1(C)CCC2(C(=O)O)C(C1)C1=CCC3C4(C)CC[C@H](O)[C@](C)(O)[C@@H]4CC[C@]3(C)[C@]1(C)C[C@@H]2O.C[C@H]1CCC2(C)C3CC=C4C5CC(C)(C)CCC5(C(=O)O)CC[C@@]4(C)[C@@]3(C)CC[C@H]2C1(C)C.S=S=S=S=S=S=S=S=S=S=S=S=S=S=S.S=S=S=S=S=S=S=S=S=S=S=S=S=S=S=S. The Morgan fingerprint density at radius 3 is 1.19 bits per heavy atom. The van der Waals surface area contributed by atoms with Gasteiger partial charge in [-0.25, -0.2) is 0 Å². The van der Waals surface area contributed by atoms with Crippen LogP contribution in [0.2, 0.25) is 0 Å².